The van der Waals surface area contributed by atoms with Crippen LogP contribution in [-0.2, 0) is 27.4 Å². The van der Waals surface area contributed by atoms with Crippen molar-refractivity contribution in [2.24, 2.45) is 0 Å². The fourth-order valence-electron chi connectivity index (χ4n) is 1.30. The van der Waals surface area contributed by atoms with E-state index in [1.165, 1.54) is 10.9 Å². The number of ether oxygens (including phenoxy) is 1. The third-order valence-electron chi connectivity index (χ3n) is 2.13. The molecule has 19 heavy (non-hydrogen) atoms. The summed E-state index contributed by atoms with van der Waals surface area (Å²) in [4.78, 5) is 21.9. The molecule has 0 bridgehead atoms. The standard InChI is InChI=1S/C11H18N4O4/c1-8(2)19-4-3-10(16)12-5-9-6-15(14-13-9)7-11(17)18/h6,8H,3-5,7H2,1-2H3,(H,12,16)(H,17,18). The first kappa shape index (κ1) is 15.1. The number of carbonyl (C=O) groups excluding carboxylic acids is 1. The molecule has 106 valence electrons. The van der Waals surface area contributed by atoms with Gasteiger partial charge in [0, 0.05) is 6.42 Å². The molecule has 1 amide bonds. The van der Waals surface area contributed by atoms with Gasteiger partial charge < -0.3 is 15.2 Å². The number of hydrogen-bond acceptors (Lipinski definition) is 5. The van der Waals surface area contributed by atoms with Gasteiger partial charge in [0.25, 0.3) is 0 Å². The quantitative estimate of drug-likeness (QED) is 0.677. The van der Waals surface area contributed by atoms with E-state index in [2.05, 4.69) is 15.6 Å². The predicted molar refractivity (Wildman–Crippen MR) is 65.2 cm³/mol. The molecule has 0 aliphatic carbocycles. The Labute approximate surface area is 110 Å². The van der Waals surface area contributed by atoms with E-state index in [1.807, 2.05) is 13.8 Å². The summed E-state index contributed by atoms with van der Waals surface area (Å²) < 4.78 is 6.45. The van der Waals surface area contributed by atoms with E-state index in [1.54, 1.807) is 0 Å². The van der Waals surface area contributed by atoms with Crippen LogP contribution in [-0.4, -0.2) is 44.7 Å². The number of carboxylic acids is 1. The zero-order chi connectivity index (χ0) is 14.3. The summed E-state index contributed by atoms with van der Waals surface area (Å²) in [5.41, 5.74) is 0.513. The highest BCUT2D eigenvalue weighted by molar-refractivity contribution is 5.75. The minimum absolute atomic E-state index is 0.101. The number of amides is 1. The Kier molecular flexibility index (Phi) is 5.94. The topological polar surface area (TPSA) is 106 Å². The largest absolute Gasteiger partial charge is 0.480 e. The monoisotopic (exact) mass is 270 g/mol. The second-order valence-electron chi connectivity index (χ2n) is 4.25. The van der Waals surface area contributed by atoms with Crippen LogP contribution >= 0.6 is 0 Å². The fraction of sp³-hybridized carbons (Fsp3) is 0.636. The van der Waals surface area contributed by atoms with Gasteiger partial charge in [-0.3, -0.25) is 9.59 Å². The molecule has 0 aliphatic heterocycles. The maximum Gasteiger partial charge on any atom is 0.325 e. The summed E-state index contributed by atoms with van der Waals surface area (Å²) in [5, 5.41) is 18.6. The van der Waals surface area contributed by atoms with Gasteiger partial charge in [-0.2, -0.15) is 0 Å². The molecule has 0 saturated carbocycles. The number of aliphatic carboxylic acids is 1. The van der Waals surface area contributed by atoms with E-state index in [-0.39, 0.29) is 31.5 Å². The molecule has 0 spiro atoms. The number of nitrogens with one attached hydrogen (secondary N) is 1. The minimum Gasteiger partial charge on any atom is -0.480 e. The highest BCUT2D eigenvalue weighted by Crippen LogP contribution is 1.94. The van der Waals surface area contributed by atoms with E-state index in [0.717, 1.165) is 0 Å². The summed E-state index contributed by atoms with van der Waals surface area (Å²) in [6.07, 6.45) is 1.87. The third-order valence-corrected chi connectivity index (χ3v) is 2.13. The van der Waals surface area contributed by atoms with Crippen LogP contribution in [0.15, 0.2) is 6.20 Å². The second-order valence-corrected chi connectivity index (χ2v) is 4.25. The van der Waals surface area contributed by atoms with Crippen LogP contribution in [0.5, 0.6) is 0 Å². The average molecular weight is 270 g/mol. The van der Waals surface area contributed by atoms with Crippen molar-refractivity contribution in [1.82, 2.24) is 20.3 Å². The maximum atomic E-state index is 11.4. The van der Waals surface area contributed by atoms with Gasteiger partial charge in [-0.1, -0.05) is 5.21 Å². The summed E-state index contributed by atoms with van der Waals surface area (Å²) >= 11 is 0. The number of hydrogen-bond donors (Lipinski definition) is 2. The molecular weight excluding hydrogens is 252 g/mol. The van der Waals surface area contributed by atoms with Crippen LogP contribution in [0.25, 0.3) is 0 Å². The van der Waals surface area contributed by atoms with Crippen LogP contribution in [0.2, 0.25) is 0 Å². The first-order valence-electron chi connectivity index (χ1n) is 5.96. The zero-order valence-electron chi connectivity index (χ0n) is 11.0. The van der Waals surface area contributed by atoms with Crippen LogP contribution in [0, 0.1) is 0 Å². The normalized spacial score (nSPS) is 10.7. The molecule has 0 aliphatic rings. The lowest BCUT2D eigenvalue weighted by molar-refractivity contribution is -0.138. The van der Waals surface area contributed by atoms with Crippen molar-refractivity contribution in [2.75, 3.05) is 6.61 Å². The molecule has 0 aromatic carbocycles. The molecule has 1 rings (SSSR count). The van der Waals surface area contributed by atoms with Crippen molar-refractivity contribution in [3.63, 3.8) is 0 Å². The number of carbonyl (C=O) groups is 2. The zero-order valence-corrected chi connectivity index (χ0v) is 11.0. The molecule has 0 atom stereocenters. The Bertz CT molecular complexity index is 430. The number of aromatic nitrogens is 3. The number of nitrogens with zero attached hydrogens (tertiary/aromatic N) is 3. The molecule has 2 N–H and O–H groups in total. The van der Waals surface area contributed by atoms with Gasteiger partial charge in [0.2, 0.25) is 5.91 Å². The van der Waals surface area contributed by atoms with Crippen molar-refractivity contribution in [2.45, 2.75) is 39.5 Å². The van der Waals surface area contributed by atoms with Crippen molar-refractivity contribution in [1.29, 1.82) is 0 Å². The van der Waals surface area contributed by atoms with Gasteiger partial charge in [-0.05, 0) is 13.8 Å². The lowest BCUT2D eigenvalue weighted by atomic mass is 10.4. The Morgan fingerprint density at radius 1 is 1.53 bits per heavy atom. The molecule has 0 unspecified atom stereocenters. The van der Waals surface area contributed by atoms with Crippen molar-refractivity contribution < 1.29 is 19.4 Å². The minimum atomic E-state index is -0.994. The first-order valence-corrected chi connectivity index (χ1v) is 5.96. The van der Waals surface area contributed by atoms with Crippen LogP contribution in [0.4, 0.5) is 0 Å². The number of rotatable bonds is 8. The summed E-state index contributed by atoms with van der Waals surface area (Å²) in [7, 11) is 0. The third kappa shape index (κ3) is 6.51. The first-order chi connectivity index (χ1) is 8.97. The lowest BCUT2D eigenvalue weighted by Gasteiger charge is -2.07. The van der Waals surface area contributed by atoms with Gasteiger partial charge in [-0.25, -0.2) is 4.68 Å². The van der Waals surface area contributed by atoms with Gasteiger partial charge in [0.05, 0.1) is 25.5 Å². The van der Waals surface area contributed by atoms with Crippen LogP contribution in [0.3, 0.4) is 0 Å². The van der Waals surface area contributed by atoms with E-state index in [4.69, 9.17) is 9.84 Å². The smallest absolute Gasteiger partial charge is 0.325 e. The number of carboxylic acid groups (broad SMARTS) is 1. The highest BCUT2D eigenvalue weighted by Gasteiger charge is 2.06. The fourth-order valence-corrected chi connectivity index (χ4v) is 1.30. The Morgan fingerprint density at radius 2 is 2.26 bits per heavy atom. The van der Waals surface area contributed by atoms with E-state index in [0.29, 0.717) is 12.3 Å². The Balaban J connectivity index is 2.26. The highest BCUT2D eigenvalue weighted by atomic mass is 16.5. The molecule has 1 aromatic heterocycles. The van der Waals surface area contributed by atoms with Crippen molar-refractivity contribution in [3.8, 4) is 0 Å². The van der Waals surface area contributed by atoms with Crippen LogP contribution in [0.1, 0.15) is 26.0 Å². The predicted octanol–water partition coefficient (Wildman–Crippen LogP) is -0.206. The summed E-state index contributed by atoms with van der Waals surface area (Å²) in [5.74, 6) is -1.14. The van der Waals surface area contributed by atoms with E-state index in [9.17, 15) is 9.59 Å². The summed E-state index contributed by atoms with van der Waals surface area (Å²) in [6, 6.07) is 0. The molecule has 1 aromatic rings. The summed E-state index contributed by atoms with van der Waals surface area (Å²) in [6.45, 7) is 4.15. The van der Waals surface area contributed by atoms with Gasteiger partial charge in [-0.15, -0.1) is 5.10 Å². The van der Waals surface area contributed by atoms with E-state index < -0.39 is 5.97 Å². The van der Waals surface area contributed by atoms with Gasteiger partial charge >= 0.3 is 5.97 Å². The Hall–Kier alpha value is -1.96. The van der Waals surface area contributed by atoms with Gasteiger partial charge in [0.1, 0.15) is 12.2 Å². The molecule has 0 fully saturated rings. The van der Waals surface area contributed by atoms with E-state index >= 15 is 0 Å². The van der Waals surface area contributed by atoms with Crippen molar-refractivity contribution >= 4 is 11.9 Å². The van der Waals surface area contributed by atoms with Crippen molar-refractivity contribution in [3.05, 3.63) is 11.9 Å². The second kappa shape index (κ2) is 7.47. The molecular formula is C11H18N4O4. The molecule has 0 radical (unpaired) electrons. The molecule has 0 saturated heterocycles. The molecule has 1 heterocycles. The maximum absolute atomic E-state index is 11.4. The SMILES string of the molecule is CC(C)OCCC(=O)NCc1cn(CC(=O)O)nn1. The Morgan fingerprint density at radius 3 is 2.89 bits per heavy atom. The lowest BCUT2D eigenvalue weighted by Crippen LogP contribution is -2.24. The van der Waals surface area contributed by atoms with Gasteiger partial charge in [0.15, 0.2) is 0 Å². The molecule has 8 nitrogen and oxygen atoms in total. The van der Waals surface area contributed by atoms with Crippen LogP contribution < -0.4 is 5.32 Å². The molecule has 8 heteroatoms. The average Bonchev–Trinajstić information content (AvgIpc) is 2.72.